The van der Waals surface area contributed by atoms with Gasteiger partial charge in [-0.3, -0.25) is 9.36 Å². The molecule has 6 rings (SSSR count). The number of aromatic nitrogens is 5. The van der Waals surface area contributed by atoms with E-state index in [9.17, 15) is 4.79 Å². The van der Waals surface area contributed by atoms with Crippen molar-refractivity contribution >= 4 is 44.9 Å². The standard InChI is InChI=1S/C23H22ClN5O2S2/c24-14-8-6-13(7-9-14)20-27-28-23(29(20)11-15-3-2-10-31-15)32-12-18-25-21(30)19-16-4-1-5-17(16)33-22(19)26-18/h6-9,15H,1-5,10-12H2,(H,25,26,30)/t15-/m1/s1. The Balaban J connectivity index is 1.29. The topological polar surface area (TPSA) is 85.7 Å². The number of rotatable bonds is 6. The van der Waals surface area contributed by atoms with E-state index in [2.05, 4.69) is 19.7 Å². The Morgan fingerprint density at radius 3 is 2.91 bits per heavy atom. The van der Waals surface area contributed by atoms with Gasteiger partial charge in [-0.1, -0.05) is 23.4 Å². The SMILES string of the molecule is O=c1[nH]c(CSc2nnc(-c3ccc(Cl)cc3)n2C[C@H]2CCCO2)nc2sc3c(c12)CCC3. The highest BCUT2D eigenvalue weighted by molar-refractivity contribution is 7.98. The molecule has 4 heterocycles. The summed E-state index contributed by atoms with van der Waals surface area (Å²) in [5.41, 5.74) is 2.13. The summed E-state index contributed by atoms with van der Waals surface area (Å²) in [7, 11) is 0. The van der Waals surface area contributed by atoms with Crippen molar-refractivity contribution in [1.29, 1.82) is 0 Å². The predicted octanol–water partition coefficient (Wildman–Crippen LogP) is 4.86. The minimum absolute atomic E-state index is 0.0299. The first kappa shape index (κ1) is 21.3. The molecule has 1 saturated heterocycles. The fourth-order valence-electron chi connectivity index (χ4n) is 4.61. The molecule has 7 nitrogen and oxygen atoms in total. The zero-order chi connectivity index (χ0) is 22.4. The normalized spacial score (nSPS) is 17.8. The lowest BCUT2D eigenvalue weighted by Gasteiger charge is -2.14. The highest BCUT2D eigenvalue weighted by Crippen LogP contribution is 2.35. The minimum atomic E-state index is -0.0299. The van der Waals surface area contributed by atoms with Gasteiger partial charge >= 0.3 is 0 Å². The molecule has 33 heavy (non-hydrogen) atoms. The molecule has 3 aromatic heterocycles. The van der Waals surface area contributed by atoms with Gasteiger partial charge in [0.15, 0.2) is 11.0 Å². The van der Waals surface area contributed by atoms with Crippen molar-refractivity contribution in [3.05, 3.63) is 55.9 Å². The zero-order valence-electron chi connectivity index (χ0n) is 17.8. The van der Waals surface area contributed by atoms with Crippen LogP contribution >= 0.6 is 34.7 Å². The number of halogens is 1. The molecule has 170 valence electrons. The number of hydrogen-bond acceptors (Lipinski definition) is 7. The molecule has 0 spiro atoms. The molecule has 1 aliphatic carbocycles. The lowest BCUT2D eigenvalue weighted by atomic mass is 10.2. The summed E-state index contributed by atoms with van der Waals surface area (Å²) in [6.07, 6.45) is 5.41. The van der Waals surface area contributed by atoms with E-state index in [1.165, 1.54) is 22.2 Å². The van der Waals surface area contributed by atoms with Gasteiger partial charge in [-0.2, -0.15) is 0 Å². The Bertz CT molecular complexity index is 1370. The van der Waals surface area contributed by atoms with Crippen molar-refractivity contribution in [1.82, 2.24) is 24.7 Å². The third kappa shape index (κ3) is 4.12. The second-order valence-corrected chi connectivity index (χ2v) is 10.9. The van der Waals surface area contributed by atoms with E-state index in [-0.39, 0.29) is 11.7 Å². The fraction of sp³-hybridized carbons (Fsp3) is 0.391. The second-order valence-electron chi connectivity index (χ2n) is 8.40. The number of ether oxygens (including phenoxy) is 1. The molecule has 1 N–H and O–H groups in total. The first-order valence-corrected chi connectivity index (χ1v) is 13.3. The molecule has 1 atom stereocenters. The number of hydrogen-bond donors (Lipinski definition) is 1. The third-order valence-corrected chi connectivity index (χ3v) is 8.61. The van der Waals surface area contributed by atoms with Gasteiger partial charge in [-0.15, -0.1) is 21.5 Å². The number of nitrogens with zero attached hydrogens (tertiary/aromatic N) is 4. The monoisotopic (exact) mass is 499 g/mol. The molecule has 0 saturated carbocycles. The quantitative estimate of drug-likeness (QED) is 0.381. The Kier molecular flexibility index (Phi) is 5.73. The van der Waals surface area contributed by atoms with Crippen LogP contribution in [0.3, 0.4) is 0 Å². The van der Waals surface area contributed by atoms with E-state index in [0.29, 0.717) is 23.1 Å². The average Bonchev–Trinajstić information content (AvgIpc) is 3.58. The number of fused-ring (bicyclic) bond motifs is 3. The Labute approximate surface area is 203 Å². The Hall–Kier alpha value is -2.20. The lowest BCUT2D eigenvalue weighted by molar-refractivity contribution is 0.0953. The van der Waals surface area contributed by atoms with Crippen molar-refractivity contribution in [3.8, 4) is 11.4 Å². The summed E-state index contributed by atoms with van der Waals surface area (Å²) >= 11 is 9.27. The summed E-state index contributed by atoms with van der Waals surface area (Å²) in [4.78, 5) is 22.7. The fourth-order valence-corrected chi connectivity index (χ4v) is 6.84. The smallest absolute Gasteiger partial charge is 0.259 e. The van der Waals surface area contributed by atoms with Gasteiger partial charge in [0.1, 0.15) is 10.7 Å². The first-order valence-electron chi connectivity index (χ1n) is 11.1. The highest BCUT2D eigenvalue weighted by atomic mass is 35.5. The van der Waals surface area contributed by atoms with Crippen molar-refractivity contribution < 1.29 is 4.74 Å². The van der Waals surface area contributed by atoms with Crippen LogP contribution in [0.1, 0.15) is 35.5 Å². The van der Waals surface area contributed by atoms with E-state index >= 15 is 0 Å². The van der Waals surface area contributed by atoms with Crippen molar-refractivity contribution in [2.45, 2.75) is 55.7 Å². The van der Waals surface area contributed by atoms with E-state index < -0.39 is 0 Å². The molecule has 0 unspecified atom stereocenters. The summed E-state index contributed by atoms with van der Waals surface area (Å²) in [5, 5.41) is 11.2. The van der Waals surface area contributed by atoms with Crippen LogP contribution in [0.4, 0.5) is 0 Å². The van der Waals surface area contributed by atoms with Crippen LogP contribution in [-0.4, -0.2) is 37.4 Å². The molecule has 4 aromatic rings. The number of aryl methyl sites for hydroxylation is 2. The summed E-state index contributed by atoms with van der Waals surface area (Å²) in [5.74, 6) is 1.96. The number of H-pyrrole nitrogens is 1. The molecular weight excluding hydrogens is 478 g/mol. The zero-order valence-corrected chi connectivity index (χ0v) is 20.2. The predicted molar refractivity (Wildman–Crippen MR) is 131 cm³/mol. The number of aromatic amines is 1. The summed E-state index contributed by atoms with van der Waals surface area (Å²) in [6.45, 7) is 1.48. The van der Waals surface area contributed by atoms with E-state index in [1.54, 1.807) is 11.3 Å². The van der Waals surface area contributed by atoms with Crippen LogP contribution in [-0.2, 0) is 29.9 Å². The van der Waals surface area contributed by atoms with E-state index in [4.69, 9.17) is 21.3 Å². The summed E-state index contributed by atoms with van der Waals surface area (Å²) in [6, 6.07) is 7.62. The van der Waals surface area contributed by atoms with Crippen LogP contribution in [0.2, 0.25) is 5.02 Å². The van der Waals surface area contributed by atoms with Gasteiger partial charge in [0, 0.05) is 22.1 Å². The number of benzene rings is 1. The van der Waals surface area contributed by atoms with Gasteiger partial charge in [-0.25, -0.2) is 4.98 Å². The number of thiophene rings is 1. The molecule has 1 fully saturated rings. The summed E-state index contributed by atoms with van der Waals surface area (Å²) < 4.78 is 7.99. The minimum Gasteiger partial charge on any atom is -0.376 e. The maximum atomic E-state index is 12.8. The molecule has 10 heteroatoms. The van der Waals surface area contributed by atoms with E-state index in [1.807, 2.05) is 24.3 Å². The maximum absolute atomic E-state index is 12.8. The number of thioether (sulfide) groups is 1. The van der Waals surface area contributed by atoms with Crippen molar-refractivity contribution in [2.75, 3.05) is 6.61 Å². The van der Waals surface area contributed by atoms with Crippen LogP contribution in [0, 0.1) is 0 Å². The number of nitrogens with one attached hydrogen (secondary N) is 1. The Morgan fingerprint density at radius 1 is 1.21 bits per heavy atom. The molecule has 1 aliphatic heterocycles. The van der Waals surface area contributed by atoms with Gasteiger partial charge in [0.05, 0.1) is 23.8 Å². The van der Waals surface area contributed by atoms with Crippen LogP contribution in [0.15, 0.2) is 34.2 Å². The van der Waals surface area contributed by atoms with Crippen LogP contribution < -0.4 is 5.56 Å². The molecule has 2 aliphatic rings. The molecule has 0 bridgehead atoms. The Morgan fingerprint density at radius 2 is 2.09 bits per heavy atom. The van der Waals surface area contributed by atoms with Gasteiger partial charge in [-0.05, 0) is 61.9 Å². The van der Waals surface area contributed by atoms with Crippen LogP contribution in [0.25, 0.3) is 21.6 Å². The van der Waals surface area contributed by atoms with Crippen molar-refractivity contribution in [2.24, 2.45) is 0 Å². The molecular formula is C23H22ClN5O2S2. The first-order chi connectivity index (χ1) is 16.2. The molecule has 0 radical (unpaired) electrons. The van der Waals surface area contributed by atoms with E-state index in [0.717, 1.165) is 65.5 Å². The highest BCUT2D eigenvalue weighted by Gasteiger charge is 2.23. The van der Waals surface area contributed by atoms with Crippen molar-refractivity contribution in [3.63, 3.8) is 0 Å². The lowest BCUT2D eigenvalue weighted by Crippen LogP contribution is -2.17. The second kappa shape index (κ2) is 8.87. The van der Waals surface area contributed by atoms with Gasteiger partial charge in [0.2, 0.25) is 0 Å². The average molecular weight is 500 g/mol. The molecule has 0 amide bonds. The van der Waals surface area contributed by atoms with Gasteiger partial charge in [0.25, 0.3) is 5.56 Å². The molecule has 1 aromatic carbocycles. The van der Waals surface area contributed by atoms with Crippen LogP contribution in [0.5, 0.6) is 0 Å². The largest absolute Gasteiger partial charge is 0.376 e. The maximum Gasteiger partial charge on any atom is 0.259 e. The third-order valence-electron chi connectivity index (χ3n) is 6.19. The van der Waals surface area contributed by atoms with Gasteiger partial charge < -0.3 is 9.72 Å².